The molecule has 0 bridgehead atoms. The summed E-state index contributed by atoms with van der Waals surface area (Å²) in [6.45, 7) is 7.55. The maximum Gasteiger partial charge on any atom is 0.187 e. The average Bonchev–Trinajstić information content (AvgIpc) is 3.78. The quantitative estimate of drug-likeness (QED) is 0.135. The van der Waals surface area contributed by atoms with E-state index in [1.807, 2.05) is 121 Å². The van der Waals surface area contributed by atoms with Crippen LogP contribution in [0.3, 0.4) is 0 Å². The van der Waals surface area contributed by atoms with Gasteiger partial charge >= 0.3 is 0 Å². The summed E-state index contributed by atoms with van der Waals surface area (Å²) in [4.78, 5) is 25.0. The Morgan fingerprint density at radius 3 is 1.18 bits per heavy atom. The lowest BCUT2D eigenvalue weighted by molar-refractivity contribution is 1.13. The van der Waals surface area contributed by atoms with Crippen LogP contribution < -0.4 is 0 Å². The van der Waals surface area contributed by atoms with Crippen molar-refractivity contribution >= 4 is 27.5 Å². The van der Waals surface area contributed by atoms with Gasteiger partial charge in [-0.2, -0.15) is 5.26 Å². The molecule has 71 heavy (non-hydrogen) atoms. The van der Waals surface area contributed by atoms with Gasteiger partial charge in [-0.05, 0) is 89.0 Å². The summed E-state index contributed by atoms with van der Waals surface area (Å²) in [5.74, 6) is 1.12. The first-order chi connectivity index (χ1) is 35.1. The Labute approximate surface area is 410 Å². The van der Waals surface area contributed by atoms with Gasteiger partial charge in [-0.25, -0.2) is 24.8 Å². The molecule has 0 fully saturated rings. The van der Waals surface area contributed by atoms with Gasteiger partial charge < -0.3 is 4.57 Å². The maximum atomic E-state index is 9.59. The number of nitriles is 1. The van der Waals surface area contributed by atoms with Gasteiger partial charge in [0.2, 0.25) is 0 Å². The lowest BCUT2D eigenvalue weighted by atomic mass is 9.99. The third kappa shape index (κ3) is 8.16. The highest BCUT2D eigenvalue weighted by Gasteiger charge is 2.22. The molecule has 0 radical (unpaired) electrons. The first-order valence-electron chi connectivity index (χ1n) is 23.3. The molecule has 0 spiro atoms. The molecule has 9 aromatic carbocycles. The predicted octanol–water partition coefficient (Wildman–Crippen LogP) is 16.1. The smallest absolute Gasteiger partial charge is 0.187 e. The molecule has 0 amide bonds. The lowest BCUT2D eigenvalue weighted by Crippen LogP contribution is -2.03. The summed E-state index contributed by atoms with van der Waals surface area (Å²) in [6, 6.07) is 82.3. The Kier molecular flexibility index (Phi) is 10.8. The van der Waals surface area contributed by atoms with Crippen LogP contribution in [0.2, 0.25) is 0 Å². The number of hydrogen-bond acceptors (Lipinski definition) is 5. The van der Waals surface area contributed by atoms with E-state index in [0.29, 0.717) is 22.9 Å². The summed E-state index contributed by atoms with van der Waals surface area (Å²) in [5, 5.41) is 11.7. The topological polar surface area (TPSA) is 84.6 Å². The van der Waals surface area contributed by atoms with Gasteiger partial charge in [-0.1, -0.05) is 170 Å². The van der Waals surface area contributed by atoms with Gasteiger partial charge in [-0.15, -0.1) is 0 Å². The van der Waals surface area contributed by atoms with Gasteiger partial charge in [0.05, 0.1) is 57.7 Å². The van der Waals surface area contributed by atoms with E-state index in [2.05, 4.69) is 131 Å². The van der Waals surface area contributed by atoms with E-state index in [1.165, 1.54) is 0 Å². The minimum atomic E-state index is 0.547. The molecule has 7 nitrogen and oxygen atoms in total. The van der Waals surface area contributed by atoms with Crippen molar-refractivity contribution in [2.24, 2.45) is 0 Å². The zero-order chi connectivity index (χ0) is 47.7. The molecule has 0 atom stereocenters. The van der Waals surface area contributed by atoms with Crippen molar-refractivity contribution in [2.45, 2.75) is 0 Å². The summed E-state index contributed by atoms with van der Waals surface area (Å²) < 4.78 is 2.32. The van der Waals surface area contributed by atoms with Crippen LogP contribution in [-0.4, -0.2) is 24.5 Å². The van der Waals surface area contributed by atoms with Crippen LogP contribution in [0.15, 0.2) is 237 Å². The maximum absolute atomic E-state index is 9.59. The highest BCUT2D eigenvalue weighted by molar-refractivity contribution is 6.12. The van der Waals surface area contributed by atoms with E-state index < -0.39 is 0 Å². The second kappa shape index (κ2) is 18.2. The van der Waals surface area contributed by atoms with Gasteiger partial charge in [0.15, 0.2) is 17.3 Å². The van der Waals surface area contributed by atoms with E-state index in [-0.39, 0.29) is 0 Å². The molecule has 0 aliphatic carbocycles. The highest BCUT2D eigenvalue weighted by atomic mass is 15.0. The van der Waals surface area contributed by atoms with Crippen molar-refractivity contribution in [1.29, 1.82) is 5.26 Å². The predicted molar refractivity (Wildman–Crippen MR) is 286 cm³/mol. The molecule has 330 valence electrons. The van der Waals surface area contributed by atoms with Crippen LogP contribution in [0, 0.1) is 17.9 Å². The first-order valence-corrected chi connectivity index (χ1v) is 23.3. The summed E-state index contributed by atoms with van der Waals surface area (Å²) in [5.41, 5.74) is 16.9. The normalized spacial score (nSPS) is 11.1. The highest BCUT2D eigenvalue weighted by Crippen LogP contribution is 2.41. The van der Waals surface area contributed by atoms with Crippen molar-refractivity contribution in [3.8, 4) is 102 Å². The van der Waals surface area contributed by atoms with Crippen molar-refractivity contribution in [1.82, 2.24) is 24.5 Å². The standard InChI is InChI=1S/C64H39N7/c1-66-52-31-26-44(27-32-52)50-29-34-61-54(37-50)53-36-49(43-24-22-42(41-65)23-25-43)28-33-60(53)71(61)62-35-30-51(63-67-56(45-14-6-2-7-15-45)39-57(68-63)46-16-8-3-9-17-46)38-55(62)64-69-58(47-18-10-4-11-19-47)40-59(70-64)48-20-12-5-13-21-48/h2-40H. The Balaban J connectivity index is 1.14. The third-order valence-electron chi connectivity index (χ3n) is 12.9. The molecule has 0 N–H and O–H groups in total. The number of benzene rings is 9. The van der Waals surface area contributed by atoms with Crippen molar-refractivity contribution in [3.63, 3.8) is 0 Å². The molecule has 3 heterocycles. The lowest BCUT2D eigenvalue weighted by Gasteiger charge is -2.17. The summed E-state index contributed by atoms with van der Waals surface area (Å²) in [7, 11) is 0. The van der Waals surface area contributed by atoms with Gasteiger partial charge in [0.1, 0.15) is 0 Å². The molecule has 0 saturated heterocycles. The number of fused-ring (bicyclic) bond motifs is 3. The molecule has 12 rings (SSSR count). The van der Waals surface area contributed by atoms with Crippen molar-refractivity contribution < 1.29 is 0 Å². The van der Waals surface area contributed by atoms with Crippen molar-refractivity contribution in [3.05, 3.63) is 254 Å². The Bertz CT molecular complexity index is 3790. The van der Waals surface area contributed by atoms with E-state index in [4.69, 9.17) is 26.5 Å². The third-order valence-corrected chi connectivity index (χ3v) is 12.9. The molecular formula is C64H39N7. The van der Waals surface area contributed by atoms with Gasteiger partial charge in [0.25, 0.3) is 0 Å². The summed E-state index contributed by atoms with van der Waals surface area (Å²) in [6.07, 6.45) is 0. The van der Waals surface area contributed by atoms with Crippen LogP contribution >= 0.6 is 0 Å². The van der Waals surface area contributed by atoms with E-state index in [9.17, 15) is 5.26 Å². The monoisotopic (exact) mass is 905 g/mol. The molecule has 12 aromatic rings. The van der Waals surface area contributed by atoms with E-state index in [0.717, 1.165) is 106 Å². The molecular weight excluding hydrogens is 867 g/mol. The Hall–Kier alpha value is -10.1. The molecule has 0 unspecified atom stereocenters. The fourth-order valence-corrected chi connectivity index (χ4v) is 9.33. The van der Waals surface area contributed by atoms with Crippen molar-refractivity contribution in [2.75, 3.05) is 0 Å². The minimum absolute atomic E-state index is 0.547. The number of nitrogens with zero attached hydrogens (tertiary/aromatic N) is 7. The SMILES string of the molecule is [C-]#[N+]c1ccc(-c2ccc3c(c2)c2cc(-c4ccc(C#N)cc4)ccc2n3-c2ccc(-c3nc(-c4ccccc4)cc(-c4ccccc4)n3)cc2-c2nc(-c3ccccc3)cc(-c3ccccc3)n2)cc1. The fourth-order valence-electron chi connectivity index (χ4n) is 9.33. The first kappa shape index (κ1) is 42.3. The number of rotatable bonds is 9. The zero-order valence-corrected chi connectivity index (χ0v) is 38.1. The second-order valence-electron chi connectivity index (χ2n) is 17.3. The second-order valence-corrected chi connectivity index (χ2v) is 17.3. The largest absolute Gasteiger partial charge is 0.308 e. The molecule has 0 aliphatic rings. The minimum Gasteiger partial charge on any atom is -0.308 e. The number of aromatic nitrogens is 5. The van der Waals surface area contributed by atoms with E-state index in [1.54, 1.807) is 0 Å². The molecule has 3 aromatic heterocycles. The average molecular weight is 906 g/mol. The van der Waals surface area contributed by atoms with Gasteiger partial charge in [0, 0.05) is 44.2 Å². The van der Waals surface area contributed by atoms with Crippen LogP contribution in [0.25, 0.3) is 122 Å². The van der Waals surface area contributed by atoms with Crippen LogP contribution in [0.4, 0.5) is 5.69 Å². The van der Waals surface area contributed by atoms with Gasteiger partial charge in [-0.3, -0.25) is 0 Å². The molecule has 7 heteroatoms. The zero-order valence-electron chi connectivity index (χ0n) is 38.1. The van der Waals surface area contributed by atoms with E-state index >= 15 is 0 Å². The molecule has 0 saturated carbocycles. The molecule has 0 aliphatic heterocycles. The fraction of sp³-hybridized carbons (Fsp3) is 0. The summed E-state index contributed by atoms with van der Waals surface area (Å²) >= 11 is 0. The van der Waals surface area contributed by atoms with Crippen LogP contribution in [-0.2, 0) is 0 Å². The Morgan fingerprint density at radius 2 is 0.761 bits per heavy atom. The number of hydrogen-bond donors (Lipinski definition) is 0. The van der Waals surface area contributed by atoms with Crippen LogP contribution in [0.5, 0.6) is 0 Å². The van der Waals surface area contributed by atoms with Crippen LogP contribution in [0.1, 0.15) is 5.56 Å². The Morgan fingerprint density at radius 1 is 0.366 bits per heavy atom.